The van der Waals surface area contributed by atoms with Crippen molar-refractivity contribution in [3.8, 4) is 0 Å². The fourth-order valence-electron chi connectivity index (χ4n) is 0.702. The second-order valence-corrected chi connectivity index (χ2v) is 2.59. The average Bonchev–Trinajstić information content (AvgIpc) is 1.93. The molecule has 0 amide bonds. The van der Waals surface area contributed by atoms with Crippen molar-refractivity contribution >= 4 is 5.97 Å². The Hall–Kier alpha value is -0.870. The number of carbonyl (C=O) groups excluding carboxylic acids is 1. The fourth-order valence-corrected chi connectivity index (χ4v) is 0.702. The lowest BCUT2D eigenvalue weighted by Gasteiger charge is -2.26. The van der Waals surface area contributed by atoms with Crippen LogP contribution in [-0.4, -0.2) is 25.7 Å². The van der Waals surface area contributed by atoms with Gasteiger partial charge in [-0.05, 0) is 6.92 Å². The van der Waals surface area contributed by atoms with Gasteiger partial charge in [-0.3, -0.25) is 0 Å². The van der Waals surface area contributed by atoms with Gasteiger partial charge in [-0.1, -0.05) is 6.58 Å². The summed E-state index contributed by atoms with van der Waals surface area (Å²) in [7, 11) is 0. The van der Waals surface area contributed by atoms with Gasteiger partial charge in [0, 0.05) is 12.0 Å². The van der Waals surface area contributed by atoms with Gasteiger partial charge in [0.25, 0.3) is 0 Å². The molecule has 0 unspecified atom stereocenters. The molecular formula is C8H12O4. The number of ether oxygens (including phenoxy) is 3. The molecule has 0 N–H and O–H groups in total. The smallest absolute Gasteiger partial charge is 0.333 e. The Bertz CT molecular complexity index is 183. The molecule has 4 nitrogen and oxygen atoms in total. The van der Waals surface area contributed by atoms with Crippen molar-refractivity contribution in [2.45, 2.75) is 19.6 Å². The molecule has 1 fully saturated rings. The lowest BCUT2D eigenvalue weighted by Crippen LogP contribution is -2.31. The van der Waals surface area contributed by atoms with Gasteiger partial charge in [0.2, 0.25) is 0 Å². The Kier molecular flexibility index (Phi) is 3.25. The van der Waals surface area contributed by atoms with Crippen LogP contribution in [-0.2, 0) is 19.0 Å². The maximum Gasteiger partial charge on any atom is 0.333 e. The minimum Gasteiger partial charge on any atom is -0.462 e. The predicted molar refractivity (Wildman–Crippen MR) is 41.2 cm³/mol. The summed E-state index contributed by atoms with van der Waals surface area (Å²) in [6.45, 7) is 5.72. The van der Waals surface area contributed by atoms with Crippen LogP contribution in [0.3, 0.4) is 0 Å². The number of hydrogen-bond acceptors (Lipinski definition) is 4. The zero-order valence-corrected chi connectivity index (χ0v) is 7.04. The summed E-state index contributed by atoms with van der Waals surface area (Å²) >= 11 is 0. The monoisotopic (exact) mass is 172 g/mol. The van der Waals surface area contributed by atoms with Gasteiger partial charge in [-0.15, -0.1) is 0 Å². The van der Waals surface area contributed by atoms with Crippen molar-refractivity contribution in [2.24, 2.45) is 0 Å². The normalized spacial score (nSPS) is 16.8. The van der Waals surface area contributed by atoms with Crippen LogP contribution in [0.2, 0.25) is 0 Å². The Balaban J connectivity index is 2.01. The summed E-state index contributed by atoms with van der Waals surface area (Å²) in [6.07, 6.45) is 0.391. The van der Waals surface area contributed by atoms with Crippen LogP contribution < -0.4 is 0 Å². The first-order valence-corrected chi connectivity index (χ1v) is 3.76. The number of rotatable bonds is 4. The predicted octanol–water partition coefficient (Wildman–Crippen LogP) is 0.826. The minimum atomic E-state index is -0.366. The quantitative estimate of drug-likeness (QED) is 0.465. The highest BCUT2D eigenvalue weighted by atomic mass is 16.8. The van der Waals surface area contributed by atoms with Crippen LogP contribution in [0.15, 0.2) is 12.2 Å². The fraction of sp³-hybridized carbons (Fsp3) is 0.625. The third-order valence-electron chi connectivity index (χ3n) is 1.44. The van der Waals surface area contributed by atoms with Crippen molar-refractivity contribution in [2.75, 3.05) is 13.4 Å². The van der Waals surface area contributed by atoms with Crippen molar-refractivity contribution in [3.05, 3.63) is 12.2 Å². The Labute approximate surface area is 71.1 Å². The molecule has 0 atom stereocenters. The molecule has 0 bridgehead atoms. The van der Waals surface area contributed by atoms with E-state index in [0.29, 0.717) is 25.4 Å². The van der Waals surface area contributed by atoms with Crippen LogP contribution in [0, 0.1) is 0 Å². The topological polar surface area (TPSA) is 44.8 Å². The van der Waals surface area contributed by atoms with Gasteiger partial charge in [0.05, 0.1) is 6.61 Å². The zero-order valence-electron chi connectivity index (χ0n) is 7.04. The van der Waals surface area contributed by atoms with Gasteiger partial charge in [-0.25, -0.2) is 4.79 Å². The number of esters is 1. The molecule has 0 spiro atoms. The average molecular weight is 172 g/mol. The third kappa shape index (κ3) is 2.64. The molecule has 0 aliphatic carbocycles. The molecule has 0 aromatic rings. The second kappa shape index (κ2) is 4.23. The van der Waals surface area contributed by atoms with Crippen LogP contribution in [0.4, 0.5) is 0 Å². The highest BCUT2D eigenvalue weighted by Gasteiger charge is 2.18. The standard InChI is InChI=1S/C8H12O4/c1-6(2)8(9)10-4-3-7-11-5-12-7/h7H,1,3-5H2,2H3. The molecular weight excluding hydrogens is 160 g/mol. The van der Waals surface area contributed by atoms with Gasteiger partial charge in [0.15, 0.2) is 13.1 Å². The Morgan fingerprint density at radius 3 is 2.75 bits per heavy atom. The van der Waals surface area contributed by atoms with Crippen LogP contribution in [0.25, 0.3) is 0 Å². The third-order valence-corrected chi connectivity index (χ3v) is 1.44. The molecule has 0 saturated carbocycles. The van der Waals surface area contributed by atoms with Crippen LogP contribution in [0.1, 0.15) is 13.3 Å². The summed E-state index contributed by atoms with van der Waals surface area (Å²) in [5.74, 6) is -0.366. The first-order valence-electron chi connectivity index (χ1n) is 3.76. The first-order chi connectivity index (χ1) is 5.70. The van der Waals surface area contributed by atoms with E-state index < -0.39 is 0 Å². The van der Waals surface area contributed by atoms with E-state index in [1.807, 2.05) is 0 Å². The summed E-state index contributed by atoms with van der Waals surface area (Å²) in [5, 5.41) is 0. The minimum absolute atomic E-state index is 0.192. The summed E-state index contributed by atoms with van der Waals surface area (Å²) in [5.41, 5.74) is 0.408. The Morgan fingerprint density at radius 1 is 1.67 bits per heavy atom. The molecule has 0 aromatic carbocycles. The zero-order chi connectivity index (χ0) is 8.97. The molecule has 1 rings (SSSR count). The highest BCUT2D eigenvalue weighted by molar-refractivity contribution is 5.86. The van der Waals surface area contributed by atoms with E-state index in [1.165, 1.54) is 0 Å². The number of hydrogen-bond donors (Lipinski definition) is 0. The molecule has 1 saturated heterocycles. The molecule has 68 valence electrons. The molecule has 0 radical (unpaired) electrons. The van der Waals surface area contributed by atoms with E-state index in [9.17, 15) is 4.79 Å². The second-order valence-electron chi connectivity index (χ2n) is 2.59. The van der Waals surface area contributed by atoms with E-state index in [-0.39, 0.29) is 12.3 Å². The molecule has 4 heteroatoms. The van der Waals surface area contributed by atoms with Crippen molar-refractivity contribution < 1.29 is 19.0 Å². The van der Waals surface area contributed by atoms with E-state index in [2.05, 4.69) is 6.58 Å². The van der Waals surface area contributed by atoms with Crippen LogP contribution in [0.5, 0.6) is 0 Å². The molecule has 1 heterocycles. The maximum absolute atomic E-state index is 10.8. The van der Waals surface area contributed by atoms with Gasteiger partial charge >= 0.3 is 5.97 Å². The van der Waals surface area contributed by atoms with E-state index in [1.54, 1.807) is 6.92 Å². The first kappa shape index (κ1) is 9.22. The molecule has 1 aliphatic heterocycles. The van der Waals surface area contributed by atoms with E-state index in [0.717, 1.165) is 0 Å². The molecule has 1 aliphatic rings. The van der Waals surface area contributed by atoms with Gasteiger partial charge in [-0.2, -0.15) is 0 Å². The largest absolute Gasteiger partial charge is 0.462 e. The Morgan fingerprint density at radius 2 is 2.33 bits per heavy atom. The van der Waals surface area contributed by atoms with E-state index in [4.69, 9.17) is 14.2 Å². The van der Waals surface area contributed by atoms with Gasteiger partial charge < -0.3 is 14.2 Å². The van der Waals surface area contributed by atoms with Crippen molar-refractivity contribution in [3.63, 3.8) is 0 Å². The van der Waals surface area contributed by atoms with E-state index >= 15 is 0 Å². The maximum atomic E-state index is 10.8. The van der Waals surface area contributed by atoms with Gasteiger partial charge in [0.1, 0.15) is 0 Å². The lowest BCUT2D eigenvalue weighted by atomic mass is 10.3. The summed E-state index contributed by atoms with van der Waals surface area (Å²) < 4.78 is 14.7. The van der Waals surface area contributed by atoms with Crippen molar-refractivity contribution in [1.29, 1.82) is 0 Å². The lowest BCUT2D eigenvalue weighted by molar-refractivity contribution is -0.323. The summed E-state index contributed by atoms with van der Waals surface area (Å²) in [6, 6.07) is 0. The summed E-state index contributed by atoms with van der Waals surface area (Å²) in [4.78, 5) is 10.8. The van der Waals surface area contributed by atoms with Crippen LogP contribution >= 0.6 is 0 Å². The van der Waals surface area contributed by atoms with Crippen molar-refractivity contribution in [1.82, 2.24) is 0 Å². The molecule has 0 aromatic heterocycles. The highest BCUT2D eigenvalue weighted by Crippen LogP contribution is 2.10. The molecule has 12 heavy (non-hydrogen) atoms. The SMILES string of the molecule is C=C(C)C(=O)OCCC1OCO1. The number of carbonyl (C=O) groups is 1.